The number of ketones is 1. The minimum atomic E-state index is -2.64. The molecule has 0 radical (unpaired) electrons. The van der Waals surface area contributed by atoms with Gasteiger partial charge in [0, 0.05) is 61.4 Å². The second-order valence-corrected chi connectivity index (χ2v) is 26.8. The smallest absolute Gasteiger partial charge is 0.411 e. The number of hydrogen-bond acceptors (Lipinski definition) is 28. The number of alkyl carbamates (subject to hydrolysis) is 1. The van der Waals surface area contributed by atoms with Gasteiger partial charge in [0.05, 0.1) is 106 Å². The first-order valence-electron chi connectivity index (χ1n) is 28.4. The molecule has 2 bridgehead atoms. The lowest BCUT2D eigenvalue weighted by molar-refractivity contribution is -0.336. The van der Waals surface area contributed by atoms with Crippen molar-refractivity contribution in [1.29, 1.82) is 0 Å². The topological polar surface area (TPSA) is 327 Å². The van der Waals surface area contributed by atoms with Crippen LogP contribution in [0.5, 0.6) is 11.5 Å². The number of hydroxylamine groups is 1. The number of nitrogens with one attached hydrogen (secondary N) is 4. The predicted molar refractivity (Wildman–Crippen MR) is 330 cm³/mol. The maximum Gasteiger partial charge on any atom is 0.411 e. The molecule has 7 rings (SSSR count). The molecule has 2 aliphatic carbocycles. The van der Waals surface area contributed by atoms with Crippen molar-refractivity contribution in [2.75, 3.05) is 65.7 Å². The Morgan fingerprint density at radius 1 is 0.854 bits per heavy atom. The first kappa shape index (κ1) is 71.8. The quantitative estimate of drug-likeness (QED) is 0.0132. The summed E-state index contributed by atoms with van der Waals surface area (Å²) < 4.78 is 77.8. The number of fused-ring (bicyclic) bond motifs is 2. The molecule has 4 heterocycles. The number of aliphatic hydroxyl groups is 4. The van der Waals surface area contributed by atoms with Gasteiger partial charge in [-0.05, 0) is 55.3 Å². The largest absolute Gasteiger partial charge is 0.493 e. The van der Waals surface area contributed by atoms with Crippen LogP contribution in [0.15, 0.2) is 59.5 Å². The van der Waals surface area contributed by atoms with E-state index in [2.05, 4.69) is 51.7 Å². The average Bonchev–Trinajstić information content (AvgIpc) is 0.782. The number of carbonyl (C=O) groups is 4. The third kappa shape index (κ3) is 17.6. The molecule has 26 nitrogen and oxygen atoms in total. The Balaban J connectivity index is 1.24. The standard InChI is InChI=1S/C59H80N4O22S4/c1-28(2)60-36-27-77-43(26-40(36)73-8)82-52-49(66)47(63-85-45-25-38(65)53(86-12)31(5)79-45)29(3)80-57(52)81-39-18-16-14-15-17-20-59(71)34(19-21-88-89-87-13)46(39)48(62-58(70)76-11)50(67)54(59)83-44-24-37(64)51(30(4)78-44)84-56(69)33-22-41(74-9)42(75-10)23-35(33)61-55(68)32(6)72-7/h14-15,19,22-23,28-31,36-40,43-45,47,49,51-54,57,60,63-66,71H,6,21,24-27H2,1-5,7-13H3,(H,61,68)(H,62,70). The van der Waals surface area contributed by atoms with Crippen LogP contribution in [0.1, 0.15) is 64.2 Å². The number of rotatable bonds is 25. The van der Waals surface area contributed by atoms with Crippen molar-refractivity contribution in [3.63, 3.8) is 0 Å². The van der Waals surface area contributed by atoms with Gasteiger partial charge in [-0.3, -0.25) is 19.7 Å². The highest BCUT2D eigenvalue weighted by molar-refractivity contribution is 9.09. The fourth-order valence-electron chi connectivity index (χ4n) is 10.8. The van der Waals surface area contributed by atoms with Crippen molar-refractivity contribution in [3.05, 3.63) is 65.1 Å². The van der Waals surface area contributed by atoms with Gasteiger partial charge < -0.3 is 92.6 Å². The fourth-order valence-corrected chi connectivity index (χ4v) is 14.1. The van der Waals surface area contributed by atoms with E-state index in [4.69, 9.17) is 66.4 Å². The average molecular weight is 1330 g/mol. The summed E-state index contributed by atoms with van der Waals surface area (Å²) in [6.07, 6.45) is -11.6. The molecule has 2 amide bonds. The highest BCUT2D eigenvalue weighted by Crippen LogP contribution is 2.44. The second kappa shape index (κ2) is 33.3. The second-order valence-electron chi connectivity index (χ2n) is 21.4. The molecule has 19 atom stereocenters. The summed E-state index contributed by atoms with van der Waals surface area (Å²) in [6, 6.07) is 1.42. The van der Waals surface area contributed by atoms with Gasteiger partial charge in [0.15, 0.2) is 60.2 Å². The number of esters is 1. The summed E-state index contributed by atoms with van der Waals surface area (Å²) in [4.78, 5) is 62.1. The zero-order valence-electron chi connectivity index (χ0n) is 51.4. The Hall–Kier alpha value is -4.62. The molecule has 0 spiro atoms. The van der Waals surface area contributed by atoms with E-state index in [1.54, 1.807) is 20.1 Å². The molecule has 4 saturated heterocycles. The lowest BCUT2D eigenvalue weighted by Crippen LogP contribution is -2.65. The van der Waals surface area contributed by atoms with Crippen LogP contribution in [0.2, 0.25) is 0 Å². The van der Waals surface area contributed by atoms with Crippen LogP contribution in [0.25, 0.3) is 0 Å². The Morgan fingerprint density at radius 2 is 1.56 bits per heavy atom. The number of aliphatic hydroxyl groups excluding tert-OH is 3. The maximum absolute atomic E-state index is 15.5. The summed E-state index contributed by atoms with van der Waals surface area (Å²) in [5.74, 6) is 8.71. The zero-order chi connectivity index (χ0) is 64.9. The van der Waals surface area contributed by atoms with Crippen LogP contribution in [0, 0.1) is 23.7 Å². The van der Waals surface area contributed by atoms with Crippen LogP contribution in [-0.4, -0.2) is 226 Å². The first-order chi connectivity index (χ1) is 42.5. The van der Waals surface area contributed by atoms with E-state index in [0.29, 0.717) is 0 Å². The van der Waals surface area contributed by atoms with Gasteiger partial charge in [-0.25, -0.2) is 9.59 Å². The number of hydrogen-bond donors (Lipinski definition) is 8. The van der Waals surface area contributed by atoms with E-state index >= 15 is 4.79 Å². The fraction of sp³-hybridized carbons (Fsp3) is 0.627. The van der Waals surface area contributed by atoms with Gasteiger partial charge in [-0.15, -0.1) is 0 Å². The Morgan fingerprint density at radius 3 is 2.21 bits per heavy atom. The third-order valence-corrected chi connectivity index (χ3v) is 20.2. The highest BCUT2D eigenvalue weighted by atomic mass is 33.5. The minimum absolute atomic E-state index is 0.0770. The van der Waals surface area contributed by atoms with E-state index in [-0.39, 0.29) is 88.3 Å². The molecule has 0 aromatic heterocycles. The number of benzene rings is 1. The van der Waals surface area contributed by atoms with Crippen LogP contribution in [-0.2, 0) is 66.5 Å². The summed E-state index contributed by atoms with van der Waals surface area (Å²) in [7, 11) is 10.8. The Kier molecular flexibility index (Phi) is 26.9. The summed E-state index contributed by atoms with van der Waals surface area (Å²) >= 11 is 1.47. The van der Waals surface area contributed by atoms with E-state index in [9.17, 15) is 34.8 Å². The normalized spacial score (nSPS) is 34.1. The molecular formula is C59H80N4O22S4. The monoisotopic (exact) mass is 1320 g/mol. The molecule has 30 heteroatoms. The Labute approximate surface area is 533 Å². The van der Waals surface area contributed by atoms with Crippen LogP contribution < -0.4 is 30.9 Å². The number of anilines is 1. The van der Waals surface area contributed by atoms with E-state index in [0.717, 1.165) is 7.11 Å². The van der Waals surface area contributed by atoms with Gasteiger partial charge >= 0.3 is 12.1 Å². The number of thioether (sulfide) groups is 1. The molecule has 8 N–H and O–H groups in total. The number of ether oxygens (including phenoxy) is 13. The Bertz CT molecular complexity index is 2880. The molecule has 0 saturated carbocycles. The van der Waals surface area contributed by atoms with Crippen molar-refractivity contribution in [2.24, 2.45) is 0 Å². The molecule has 89 heavy (non-hydrogen) atoms. The highest BCUT2D eigenvalue weighted by Gasteiger charge is 2.57. The van der Waals surface area contributed by atoms with Gasteiger partial charge in [-0.1, -0.05) is 71.8 Å². The summed E-state index contributed by atoms with van der Waals surface area (Å²) in [6.45, 7) is 12.7. The number of methoxy groups -OCH3 is 5. The number of Topliss-reactive ketones (excluding diaryl/α,β-unsaturated/α-hetero) is 1. The van der Waals surface area contributed by atoms with Gasteiger partial charge in [0.2, 0.25) is 5.78 Å². The van der Waals surface area contributed by atoms with Crippen molar-refractivity contribution in [1.82, 2.24) is 16.1 Å². The summed E-state index contributed by atoms with van der Waals surface area (Å²) in [5, 5.41) is 57.0. The predicted octanol–water partition coefficient (Wildman–Crippen LogP) is 3.42. The molecule has 4 aliphatic heterocycles. The molecule has 6 aliphatic rings. The molecule has 492 valence electrons. The summed E-state index contributed by atoms with van der Waals surface area (Å²) in [5.41, 5.74) is -0.847. The molecule has 19 unspecified atom stereocenters. The first-order valence-corrected chi connectivity index (χ1v) is 33.8. The SMILES string of the molecule is C=C(OC)C(=O)Nc1cc(OC)c(OC)cc1C(=O)OC1C(O)CC(OC2C(=O)C(NC(=O)OC)=C3C(=CCSSSC)C2(O)C#CC=CC#CC3OC2OC(C)C(NOC3CC(O)C(SC)C(C)O3)C(O)C2OC2CC(OC)C(NC(C)C)CO2)OC1C. The van der Waals surface area contributed by atoms with Gasteiger partial charge in [-0.2, -0.15) is 17.2 Å². The minimum Gasteiger partial charge on any atom is -0.493 e. The maximum atomic E-state index is 15.5. The van der Waals surface area contributed by atoms with Crippen molar-refractivity contribution in [3.8, 4) is 35.2 Å². The van der Waals surface area contributed by atoms with Crippen LogP contribution in [0.4, 0.5) is 10.5 Å². The number of allylic oxidation sites excluding steroid dienone is 2. The molecule has 1 aromatic rings. The van der Waals surface area contributed by atoms with Crippen molar-refractivity contribution in [2.45, 2.75) is 175 Å². The molecule has 1 aromatic carbocycles. The van der Waals surface area contributed by atoms with Crippen molar-refractivity contribution >= 4 is 72.6 Å². The number of amides is 2. The van der Waals surface area contributed by atoms with Crippen LogP contribution >= 0.6 is 43.2 Å². The van der Waals surface area contributed by atoms with E-state index in [1.807, 2.05) is 33.3 Å². The van der Waals surface area contributed by atoms with Gasteiger partial charge in [0.25, 0.3) is 5.91 Å². The van der Waals surface area contributed by atoms with E-state index < -0.39 is 134 Å². The van der Waals surface area contributed by atoms with Crippen LogP contribution in [0.3, 0.4) is 0 Å². The van der Waals surface area contributed by atoms with E-state index in [1.165, 1.54) is 95.7 Å². The van der Waals surface area contributed by atoms with Crippen molar-refractivity contribution < 1.29 is 106 Å². The third-order valence-electron chi connectivity index (χ3n) is 15.2. The zero-order valence-corrected chi connectivity index (χ0v) is 54.6. The lowest BCUT2D eigenvalue weighted by Gasteiger charge is -2.47. The number of carbonyl (C=O) groups excluding carboxylic acids is 4. The molecule has 4 fully saturated rings. The molecular weight excluding hydrogens is 1240 g/mol. The van der Waals surface area contributed by atoms with Gasteiger partial charge in [0.1, 0.15) is 18.3 Å². The lowest BCUT2D eigenvalue weighted by atomic mass is 9.73.